The van der Waals surface area contributed by atoms with Crippen LogP contribution in [0.5, 0.6) is 0 Å². The molecule has 0 aliphatic rings. The molecular formula is C27H29NO. The van der Waals surface area contributed by atoms with E-state index in [1.54, 1.807) is 0 Å². The van der Waals surface area contributed by atoms with Crippen LogP contribution < -0.4 is 0 Å². The van der Waals surface area contributed by atoms with Crippen LogP contribution in [-0.2, 0) is 10.8 Å². The van der Waals surface area contributed by atoms with Gasteiger partial charge in [0.2, 0.25) is 0 Å². The van der Waals surface area contributed by atoms with E-state index in [9.17, 15) is 4.79 Å². The van der Waals surface area contributed by atoms with Crippen molar-refractivity contribution in [3.8, 4) is 11.1 Å². The maximum Gasteiger partial charge on any atom is 0.150 e. The van der Waals surface area contributed by atoms with Gasteiger partial charge in [0.1, 0.15) is 6.29 Å². The van der Waals surface area contributed by atoms with Gasteiger partial charge in [-0.2, -0.15) is 0 Å². The van der Waals surface area contributed by atoms with Gasteiger partial charge < -0.3 is 4.98 Å². The van der Waals surface area contributed by atoms with Gasteiger partial charge in [-0.05, 0) is 51.8 Å². The van der Waals surface area contributed by atoms with E-state index in [0.717, 1.165) is 22.9 Å². The van der Waals surface area contributed by atoms with E-state index in [4.69, 9.17) is 0 Å². The lowest BCUT2D eigenvalue weighted by Gasteiger charge is -2.21. The normalized spacial score (nSPS) is 12.6. The monoisotopic (exact) mass is 383 g/mol. The van der Waals surface area contributed by atoms with Crippen LogP contribution in [-0.4, -0.2) is 11.3 Å². The minimum Gasteiger partial charge on any atom is -0.354 e. The average Bonchev–Trinajstić information content (AvgIpc) is 3.04. The van der Waals surface area contributed by atoms with E-state index in [1.165, 1.54) is 27.5 Å². The zero-order chi connectivity index (χ0) is 21.0. The van der Waals surface area contributed by atoms with Crippen molar-refractivity contribution in [1.82, 2.24) is 4.98 Å². The van der Waals surface area contributed by atoms with Gasteiger partial charge in [0.15, 0.2) is 0 Å². The number of benzene rings is 3. The molecule has 0 atom stereocenters. The first-order valence-electron chi connectivity index (χ1n) is 10.2. The SMILES string of the molecule is CC(C)(C)c1ccc2[nH]c3c(-c4ccc(C=O)cc4)cc(C(C)(C)C)cc3c2c1. The molecule has 0 unspecified atom stereocenters. The van der Waals surface area contributed by atoms with Crippen molar-refractivity contribution in [2.24, 2.45) is 0 Å². The molecule has 0 amide bonds. The van der Waals surface area contributed by atoms with Crippen LogP contribution in [0.2, 0.25) is 0 Å². The molecule has 0 radical (unpaired) electrons. The summed E-state index contributed by atoms with van der Waals surface area (Å²) in [6.07, 6.45) is 0.891. The summed E-state index contributed by atoms with van der Waals surface area (Å²) in [4.78, 5) is 14.7. The smallest absolute Gasteiger partial charge is 0.150 e. The molecule has 29 heavy (non-hydrogen) atoms. The summed E-state index contributed by atoms with van der Waals surface area (Å²) in [7, 11) is 0. The largest absolute Gasteiger partial charge is 0.354 e. The Balaban J connectivity index is 2.07. The van der Waals surface area contributed by atoms with Crippen molar-refractivity contribution >= 4 is 28.1 Å². The lowest BCUT2D eigenvalue weighted by molar-refractivity contribution is 0.112. The Bertz CT molecular complexity index is 1210. The van der Waals surface area contributed by atoms with E-state index >= 15 is 0 Å². The van der Waals surface area contributed by atoms with Crippen molar-refractivity contribution in [3.63, 3.8) is 0 Å². The third-order valence-electron chi connectivity index (χ3n) is 5.80. The summed E-state index contributed by atoms with van der Waals surface area (Å²) in [6, 6.07) is 19.2. The molecule has 0 bridgehead atoms. The van der Waals surface area contributed by atoms with E-state index in [0.29, 0.717) is 5.56 Å². The highest BCUT2D eigenvalue weighted by atomic mass is 16.1. The number of fused-ring (bicyclic) bond motifs is 3. The van der Waals surface area contributed by atoms with Crippen molar-refractivity contribution in [2.45, 2.75) is 52.4 Å². The molecule has 4 rings (SSSR count). The molecule has 2 nitrogen and oxygen atoms in total. The molecule has 0 fully saturated rings. The summed E-state index contributed by atoms with van der Waals surface area (Å²) < 4.78 is 0. The first-order chi connectivity index (χ1) is 13.6. The highest BCUT2D eigenvalue weighted by Gasteiger charge is 2.20. The fourth-order valence-corrected chi connectivity index (χ4v) is 3.87. The van der Waals surface area contributed by atoms with Crippen molar-refractivity contribution < 1.29 is 4.79 Å². The quantitative estimate of drug-likeness (QED) is 0.359. The van der Waals surface area contributed by atoms with E-state index in [1.807, 2.05) is 24.3 Å². The fraction of sp³-hybridized carbons (Fsp3) is 0.296. The van der Waals surface area contributed by atoms with E-state index in [-0.39, 0.29) is 10.8 Å². The fourth-order valence-electron chi connectivity index (χ4n) is 3.87. The molecule has 1 heterocycles. The van der Waals surface area contributed by atoms with Gasteiger partial charge in [-0.25, -0.2) is 0 Å². The average molecular weight is 384 g/mol. The second kappa shape index (κ2) is 6.59. The van der Waals surface area contributed by atoms with Gasteiger partial charge in [0, 0.05) is 27.4 Å². The minimum absolute atomic E-state index is 0.0386. The first-order valence-corrected chi connectivity index (χ1v) is 10.2. The molecule has 0 saturated heterocycles. The molecule has 0 saturated carbocycles. The first kappa shape index (κ1) is 19.4. The highest BCUT2D eigenvalue weighted by molar-refractivity contribution is 6.12. The van der Waals surface area contributed by atoms with Gasteiger partial charge >= 0.3 is 0 Å². The summed E-state index contributed by atoms with van der Waals surface area (Å²) in [6.45, 7) is 13.5. The molecule has 4 aromatic rings. The molecule has 3 aromatic carbocycles. The Morgan fingerprint density at radius 1 is 0.724 bits per heavy atom. The van der Waals surface area contributed by atoms with Gasteiger partial charge in [-0.1, -0.05) is 71.9 Å². The van der Waals surface area contributed by atoms with Crippen molar-refractivity contribution in [3.05, 3.63) is 71.3 Å². The minimum atomic E-state index is 0.0386. The van der Waals surface area contributed by atoms with E-state index < -0.39 is 0 Å². The Morgan fingerprint density at radius 2 is 1.34 bits per heavy atom. The predicted octanol–water partition coefficient (Wildman–Crippen LogP) is 7.40. The van der Waals surface area contributed by atoms with Crippen LogP contribution in [0.4, 0.5) is 0 Å². The number of carbonyl (C=O) groups is 1. The lowest BCUT2D eigenvalue weighted by atomic mass is 9.83. The van der Waals surface area contributed by atoms with Crippen LogP contribution in [0, 0.1) is 0 Å². The molecule has 1 N–H and O–H groups in total. The number of hydrogen-bond acceptors (Lipinski definition) is 1. The zero-order valence-electron chi connectivity index (χ0n) is 18.2. The number of rotatable bonds is 2. The second-order valence-corrected chi connectivity index (χ2v) is 10.1. The maximum atomic E-state index is 11.1. The van der Waals surface area contributed by atoms with E-state index in [2.05, 4.69) is 76.9 Å². The van der Waals surface area contributed by atoms with Crippen LogP contribution in [0.15, 0.2) is 54.6 Å². The third-order valence-corrected chi connectivity index (χ3v) is 5.80. The Labute approximate surface area is 173 Å². The van der Waals surface area contributed by atoms with Gasteiger partial charge in [0.05, 0.1) is 5.52 Å². The summed E-state index contributed by atoms with van der Waals surface area (Å²) in [5.74, 6) is 0. The van der Waals surface area contributed by atoms with Gasteiger partial charge in [0.25, 0.3) is 0 Å². The second-order valence-electron chi connectivity index (χ2n) is 10.1. The van der Waals surface area contributed by atoms with Crippen LogP contribution >= 0.6 is 0 Å². The molecule has 2 heteroatoms. The third kappa shape index (κ3) is 3.48. The molecule has 0 aliphatic heterocycles. The number of aromatic nitrogens is 1. The lowest BCUT2D eigenvalue weighted by Crippen LogP contribution is -2.11. The molecule has 0 spiro atoms. The van der Waals surface area contributed by atoms with Crippen LogP contribution in [0.1, 0.15) is 63.0 Å². The van der Waals surface area contributed by atoms with Crippen molar-refractivity contribution in [1.29, 1.82) is 0 Å². The number of aromatic amines is 1. The summed E-state index contributed by atoms with van der Waals surface area (Å²) >= 11 is 0. The zero-order valence-corrected chi connectivity index (χ0v) is 18.2. The Hall–Kier alpha value is -2.87. The number of carbonyl (C=O) groups excluding carboxylic acids is 1. The topological polar surface area (TPSA) is 32.9 Å². The predicted molar refractivity (Wildman–Crippen MR) is 124 cm³/mol. The molecule has 148 valence electrons. The molecule has 0 aliphatic carbocycles. The molecular weight excluding hydrogens is 354 g/mol. The summed E-state index contributed by atoms with van der Waals surface area (Å²) in [5, 5.41) is 2.53. The number of aldehydes is 1. The Kier molecular flexibility index (Phi) is 4.42. The standard InChI is InChI=1S/C27H29NO/c1-26(2,3)19-11-12-24-22(13-19)23-15-20(27(4,5)6)14-21(25(23)28-24)18-9-7-17(16-29)8-10-18/h7-16,28H,1-6H3. The summed E-state index contributed by atoms with van der Waals surface area (Å²) in [5.41, 5.74) is 8.09. The molecule has 1 aromatic heterocycles. The van der Waals surface area contributed by atoms with Crippen molar-refractivity contribution in [2.75, 3.05) is 0 Å². The van der Waals surface area contributed by atoms with Crippen LogP contribution in [0.3, 0.4) is 0 Å². The van der Waals surface area contributed by atoms with Gasteiger partial charge in [-0.3, -0.25) is 4.79 Å². The number of hydrogen-bond donors (Lipinski definition) is 1. The van der Waals surface area contributed by atoms with Gasteiger partial charge in [-0.15, -0.1) is 0 Å². The van der Waals surface area contributed by atoms with Crippen LogP contribution in [0.25, 0.3) is 32.9 Å². The number of nitrogens with one attached hydrogen (secondary N) is 1. The number of H-pyrrole nitrogens is 1. The Morgan fingerprint density at radius 3 is 1.93 bits per heavy atom. The maximum absolute atomic E-state index is 11.1. The highest BCUT2D eigenvalue weighted by Crippen LogP contribution is 2.39.